The molecule has 66 heavy (non-hydrogen) atoms. The van der Waals surface area contributed by atoms with Gasteiger partial charge in [0.05, 0.1) is 25.2 Å². The zero-order valence-corrected chi connectivity index (χ0v) is 39.2. The highest BCUT2D eigenvalue weighted by Crippen LogP contribution is 2.41. The first-order valence-electron chi connectivity index (χ1n) is 23.0. The monoisotopic (exact) mass is 916 g/mol. The molecule has 0 amide bonds. The predicted molar refractivity (Wildman–Crippen MR) is 244 cm³/mol. The van der Waals surface area contributed by atoms with Crippen molar-refractivity contribution < 1.29 is 66.3 Å². The summed E-state index contributed by atoms with van der Waals surface area (Å²) in [5.41, 5.74) is 1.35. The normalized spacial score (nSPS) is 17.5. The summed E-state index contributed by atoms with van der Waals surface area (Å²) in [5.74, 6) is -2.67. The minimum Gasteiger partial charge on any atom is -0.493 e. The van der Waals surface area contributed by atoms with Crippen LogP contribution in [0.25, 0.3) is 22.3 Å². The van der Waals surface area contributed by atoms with E-state index in [-0.39, 0.29) is 43.6 Å². The van der Waals surface area contributed by atoms with E-state index in [1.807, 2.05) is 19.9 Å². The van der Waals surface area contributed by atoms with E-state index in [0.717, 1.165) is 24.3 Å². The number of unbranched alkanes of at least 4 members (excludes halogenated alkanes) is 2. The average molecular weight is 917 g/mol. The highest BCUT2D eigenvalue weighted by Gasteiger charge is 2.51. The first-order valence-corrected chi connectivity index (χ1v) is 23.0. The van der Waals surface area contributed by atoms with Crippen LogP contribution in [0.2, 0.25) is 0 Å². The number of ether oxygens (including phenoxy) is 8. The summed E-state index contributed by atoms with van der Waals surface area (Å²) in [7, 11) is 0. The van der Waals surface area contributed by atoms with Gasteiger partial charge in [0.1, 0.15) is 55.6 Å². The average Bonchev–Trinajstić information content (AvgIpc) is 3.91. The van der Waals surface area contributed by atoms with E-state index in [9.17, 15) is 24.0 Å². The van der Waals surface area contributed by atoms with Gasteiger partial charge in [0, 0.05) is 16.7 Å². The molecule has 5 rings (SSSR count). The van der Waals surface area contributed by atoms with Crippen molar-refractivity contribution in [2.24, 2.45) is 11.3 Å². The van der Waals surface area contributed by atoms with Gasteiger partial charge >= 0.3 is 29.8 Å². The minimum absolute atomic E-state index is 0.0742. The number of hydrogen-bond acceptors (Lipinski definition) is 13. The van der Waals surface area contributed by atoms with Crippen LogP contribution < -0.4 is 9.47 Å². The quantitative estimate of drug-likeness (QED) is 0.0150. The van der Waals surface area contributed by atoms with Gasteiger partial charge in [0.2, 0.25) is 0 Å². The number of esters is 5. The van der Waals surface area contributed by atoms with Crippen molar-refractivity contribution in [2.75, 3.05) is 39.6 Å². The third-order valence-corrected chi connectivity index (χ3v) is 11.8. The summed E-state index contributed by atoms with van der Waals surface area (Å²) in [6.45, 7) is 13.2. The number of hydrogen-bond donors (Lipinski definition) is 0. The minimum atomic E-state index is -1.37. The SMILES string of the molecule is C=C(C)C(=O)Oc1cc(-c2ccc(C3CCC(CCCCC)CC3)cc2F)ccc1-c1ccc(OCC(COC(=O)CC(=O)OCC)(COC(=O)CC(=O)OCC)COC2OC2(C)C)cc1. The summed E-state index contributed by atoms with van der Waals surface area (Å²) in [5, 5.41) is 0. The van der Waals surface area contributed by atoms with Crippen LogP contribution in [0.15, 0.2) is 72.8 Å². The standard InChI is InChI=1S/C52H65FO13/c1-8-11-12-13-35-14-16-36(17-15-35)38-20-24-41(43(53)26-38)39-21-25-42(44(27-39)65-49(58)34(4)5)37-18-22-40(23-19-37)61-30-52(33-64-50-51(6,7)66-50,31-62-47(56)28-45(54)59-9-2)32-63-48(57)29-46(55)60-10-3/h18-27,35-36,50H,4,8-17,28-33H2,1-3,5-7H3. The van der Waals surface area contributed by atoms with Gasteiger partial charge < -0.3 is 37.9 Å². The fourth-order valence-electron chi connectivity index (χ4n) is 7.86. The number of halogens is 1. The molecule has 1 saturated carbocycles. The van der Waals surface area contributed by atoms with Gasteiger partial charge in [0.25, 0.3) is 0 Å². The van der Waals surface area contributed by atoms with E-state index in [4.69, 9.17) is 37.9 Å². The van der Waals surface area contributed by atoms with E-state index in [0.29, 0.717) is 33.9 Å². The van der Waals surface area contributed by atoms with Crippen LogP contribution in [0.3, 0.4) is 0 Å². The zero-order chi connectivity index (χ0) is 47.9. The number of carbonyl (C=O) groups excluding carboxylic acids is 5. The van der Waals surface area contributed by atoms with Crippen LogP contribution in [0.1, 0.15) is 117 Å². The molecule has 0 aromatic heterocycles. The Kier molecular flexibility index (Phi) is 18.9. The molecule has 358 valence electrons. The molecule has 3 aromatic rings. The zero-order valence-electron chi connectivity index (χ0n) is 39.2. The van der Waals surface area contributed by atoms with Crippen molar-refractivity contribution in [1.82, 2.24) is 0 Å². The van der Waals surface area contributed by atoms with Gasteiger partial charge in [-0.2, -0.15) is 0 Å². The highest BCUT2D eigenvalue weighted by molar-refractivity contribution is 5.92. The van der Waals surface area contributed by atoms with Crippen LogP contribution in [0.5, 0.6) is 11.5 Å². The van der Waals surface area contributed by atoms with Crippen LogP contribution in [0.4, 0.5) is 4.39 Å². The Morgan fingerprint density at radius 1 is 0.727 bits per heavy atom. The van der Waals surface area contributed by atoms with E-state index < -0.39 is 73.2 Å². The van der Waals surface area contributed by atoms with Crippen LogP contribution in [-0.4, -0.2) is 81.4 Å². The summed E-state index contributed by atoms with van der Waals surface area (Å²) in [4.78, 5) is 62.5. The molecular weight excluding hydrogens is 852 g/mol. The lowest BCUT2D eigenvalue weighted by Crippen LogP contribution is -2.44. The van der Waals surface area contributed by atoms with Gasteiger partial charge in [-0.15, -0.1) is 0 Å². The molecule has 0 N–H and O–H groups in total. The second kappa shape index (κ2) is 24.3. The van der Waals surface area contributed by atoms with Gasteiger partial charge in [-0.05, 0) is 113 Å². The molecule has 1 saturated heterocycles. The van der Waals surface area contributed by atoms with Crippen molar-refractivity contribution in [2.45, 2.75) is 124 Å². The maximum absolute atomic E-state index is 15.9. The van der Waals surface area contributed by atoms with Crippen molar-refractivity contribution in [3.05, 3.63) is 84.2 Å². The maximum Gasteiger partial charge on any atom is 0.338 e. The Morgan fingerprint density at radius 3 is 1.85 bits per heavy atom. The fourth-order valence-corrected chi connectivity index (χ4v) is 7.86. The lowest BCUT2D eigenvalue weighted by atomic mass is 9.77. The molecule has 0 bridgehead atoms. The molecule has 0 radical (unpaired) electrons. The van der Waals surface area contributed by atoms with Crippen LogP contribution in [0, 0.1) is 17.2 Å². The van der Waals surface area contributed by atoms with Crippen molar-refractivity contribution in [1.29, 1.82) is 0 Å². The van der Waals surface area contributed by atoms with Crippen molar-refractivity contribution in [3.8, 4) is 33.8 Å². The Hall–Kier alpha value is -5.60. The van der Waals surface area contributed by atoms with Gasteiger partial charge in [-0.25, -0.2) is 9.18 Å². The van der Waals surface area contributed by atoms with E-state index in [1.165, 1.54) is 38.5 Å². The van der Waals surface area contributed by atoms with E-state index in [2.05, 4.69) is 13.5 Å². The first-order chi connectivity index (χ1) is 31.5. The molecule has 1 unspecified atom stereocenters. The van der Waals surface area contributed by atoms with Gasteiger partial charge in [0.15, 0.2) is 6.29 Å². The predicted octanol–water partition coefficient (Wildman–Crippen LogP) is 10.0. The first kappa shape index (κ1) is 51.4. The second-order valence-corrected chi connectivity index (χ2v) is 17.8. The molecule has 13 nitrogen and oxygen atoms in total. The van der Waals surface area contributed by atoms with Gasteiger partial charge in [-0.1, -0.05) is 75.6 Å². The molecule has 1 heterocycles. The lowest BCUT2D eigenvalue weighted by Gasteiger charge is -2.32. The molecule has 2 aliphatic rings. The number of rotatable bonds is 25. The summed E-state index contributed by atoms with van der Waals surface area (Å²) >= 11 is 0. The summed E-state index contributed by atoms with van der Waals surface area (Å²) in [6, 6.07) is 17.5. The number of carbonyl (C=O) groups is 5. The third-order valence-electron chi connectivity index (χ3n) is 11.8. The molecule has 1 aliphatic heterocycles. The Balaban J connectivity index is 1.36. The van der Waals surface area contributed by atoms with Crippen molar-refractivity contribution in [3.63, 3.8) is 0 Å². The number of epoxide rings is 1. The van der Waals surface area contributed by atoms with Crippen LogP contribution >= 0.6 is 0 Å². The van der Waals surface area contributed by atoms with Crippen LogP contribution in [-0.2, 0) is 52.4 Å². The Bertz CT molecular complexity index is 2120. The van der Waals surface area contributed by atoms with Crippen molar-refractivity contribution >= 4 is 29.8 Å². The molecular formula is C52H65FO13. The molecule has 14 heteroatoms. The molecule has 2 fully saturated rings. The lowest BCUT2D eigenvalue weighted by molar-refractivity contribution is -0.165. The smallest absolute Gasteiger partial charge is 0.338 e. The Morgan fingerprint density at radius 2 is 1.30 bits per heavy atom. The molecule has 1 aliphatic carbocycles. The van der Waals surface area contributed by atoms with E-state index >= 15 is 4.39 Å². The largest absolute Gasteiger partial charge is 0.493 e. The second-order valence-electron chi connectivity index (χ2n) is 17.8. The van der Waals surface area contributed by atoms with Gasteiger partial charge in [-0.3, -0.25) is 19.2 Å². The number of benzene rings is 3. The summed E-state index contributed by atoms with van der Waals surface area (Å²) in [6.07, 6.45) is 7.57. The molecule has 1 atom stereocenters. The van der Waals surface area contributed by atoms with E-state index in [1.54, 1.807) is 75.4 Å². The topological polar surface area (TPSA) is 162 Å². The molecule has 0 spiro atoms. The molecule has 3 aromatic carbocycles. The maximum atomic E-state index is 15.9. The summed E-state index contributed by atoms with van der Waals surface area (Å²) < 4.78 is 60.4. The highest BCUT2D eigenvalue weighted by atomic mass is 19.1. The third kappa shape index (κ3) is 15.2. The fraction of sp³-hybridized carbons (Fsp3) is 0.519. The Labute approximate surface area is 387 Å².